The minimum absolute atomic E-state index is 0.0350. The standard InChI is InChI=1S/C45H56N6O18/c1-43(2)61-22-31(65-43)33(36-37(42(59-8)60-9)69-45(5,6)68-36)64-41-32(52)35-34(66-44(3,4)67-35)30(63-41)21-46-39(53)38(40(54)55)62-27-17-12-24(13-18-27)48-50-28-19-14-25(20-29(28)58-7)49-47-23-10-15-26(16-11-23)51(56)57/h10-20,30-38,41-42,52H,21-22H2,1-9H3,(H,46,53)(H,54,55)/t30-,31-,32-,33-,34+,35-,36+,37-,38?,41+/m1/s1. The van der Waals surface area contributed by atoms with Crippen LogP contribution in [0.4, 0.5) is 28.4 Å². The fourth-order valence-electron chi connectivity index (χ4n) is 8.10. The number of azo groups is 2. The average molecular weight is 969 g/mol. The summed E-state index contributed by atoms with van der Waals surface area (Å²) >= 11 is 0. The molecular weight excluding hydrogens is 913 g/mol. The summed E-state index contributed by atoms with van der Waals surface area (Å²) in [4.78, 5) is 36.4. The van der Waals surface area contributed by atoms with Gasteiger partial charge in [-0.3, -0.25) is 14.9 Å². The molecule has 10 atom stereocenters. The molecule has 3 aromatic rings. The molecule has 7 rings (SSSR count). The van der Waals surface area contributed by atoms with E-state index < -0.39 is 102 Å². The number of carbonyl (C=O) groups excluding carboxylic acids is 1. The van der Waals surface area contributed by atoms with Gasteiger partial charge in [0.05, 0.1) is 35.7 Å². The molecule has 69 heavy (non-hydrogen) atoms. The van der Waals surface area contributed by atoms with E-state index in [1.165, 1.54) is 69.9 Å². The van der Waals surface area contributed by atoms with E-state index in [0.29, 0.717) is 28.5 Å². The van der Waals surface area contributed by atoms with Gasteiger partial charge >= 0.3 is 5.97 Å². The fraction of sp³-hybridized carbons (Fsp3) is 0.556. The Morgan fingerprint density at radius 1 is 0.797 bits per heavy atom. The number of rotatable bonds is 19. The van der Waals surface area contributed by atoms with Gasteiger partial charge in [-0.25, -0.2) is 4.79 Å². The highest BCUT2D eigenvalue weighted by Crippen LogP contribution is 2.42. The van der Waals surface area contributed by atoms with Crippen molar-refractivity contribution in [3.8, 4) is 11.5 Å². The van der Waals surface area contributed by atoms with Crippen molar-refractivity contribution in [3.05, 3.63) is 76.8 Å². The SMILES string of the molecule is COc1cc(N=Nc2ccc([N+](=O)[O-])cc2)ccc1N=Nc1ccc(OC(C(=O)O)C(=O)NC[C@H]2O[C@@H](O[C@@H]([C@@H]3OC(C)(C)O[C@H]3C(OC)OC)[C@H]3COC(C)(C)O3)[C@H](O)[C@H]3OC(C)(C)O[C@H]32)cc1. The molecule has 0 aliphatic carbocycles. The van der Waals surface area contributed by atoms with Crippen LogP contribution in [0.5, 0.6) is 11.5 Å². The number of nitro benzene ring substituents is 1. The number of nitrogens with one attached hydrogen (secondary N) is 1. The van der Waals surface area contributed by atoms with Gasteiger partial charge in [0.2, 0.25) is 0 Å². The first kappa shape index (κ1) is 51.2. The molecule has 0 bridgehead atoms. The summed E-state index contributed by atoms with van der Waals surface area (Å²) < 4.78 is 72.2. The van der Waals surface area contributed by atoms with Crippen molar-refractivity contribution in [3.63, 3.8) is 0 Å². The van der Waals surface area contributed by atoms with Gasteiger partial charge in [0.25, 0.3) is 17.7 Å². The van der Waals surface area contributed by atoms with Gasteiger partial charge in [0, 0.05) is 39.0 Å². The van der Waals surface area contributed by atoms with Gasteiger partial charge in [-0.15, -0.1) is 5.11 Å². The van der Waals surface area contributed by atoms with Crippen LogP contribution in [0, 0.1) is 10.1 Å². The lowest BCUT2D eigenvalue weighted by molar-refractivity contribution is -0.384. The lowest BCUT2D eigenvalue weighted by Gasteiger charge is -2.43. The normalized spacial score (nSPS) is 27.9. The van der Waals surface area contributed by atoms with Crippen molar-refractivity contribution in [1.82, 2.24) is 5.32 Å². The topological polar surface area (TPSA) is 290 Å². The Bertz CT molecular complexity index is 2350. The first-order valence-electron chi connectivity index (χ1n) is 21.8. The minimum Gasteiger partial charge on any atom is -0.494 e. The molecule has 4 saturated heterocycles. The number of methoxy groups -OCH3 is 3. The molecule has 24 nitrogen and oxygen atoms in total. The highest BCUT2D eigenvalue weighted by molar-refractivity contribution is 6.00. The van der Waals surface area contributed by atoms with Crippen LogP contribution in [-0.4, -0.2) is 146 Å². The smallest absolute Gasteiger partial charge is 0.354 e. The Kier molecular flexibility index (Phi) is 15.7. The Morgan fingerprint density at radius 2 is 1.39 bits per heavy atom. The minimum atomic E-state index is -2.01. The zero-order chi connectivity index (χ0) is 49.8. The number of nitrogens with zero attached hydrogens (tertiary/aromatic N) is 5. The number of non-ortho nitro benzene ring substituents is 1. The molecule has 24 heteroatoms. The Balaban J connectivity index is 1.01. The Hall–Kier alpha value is -5.64. The molecule has 4 fully saturated rings. The van der Waals surface area contributed by atoms with E-state index in [1.807, 2.05) is 0 Å². The molecule has 4 aliphatic rings. The third-order valence-electron chi connectivity index (χ3n) is 11.2. The maximum Gasteiger partial charge on any atom is 0.354 e. The highest BCUT2D eigenvalue weighted by atomic mass is 16.8. The largest absolute Gasteiger partial charge is 0.494 e. The zero-order valence-electron chi connectivity index (χ0n) is 39.3. The zero-order valence-corrected chi connectivity index (χ0v) is 39.3. The molecule has 3 N–H and O–H groups in total. The highest BCUT2D eigenvalue weighted by Gasteiger charge is 2.59. The van der Waals surface area contributed by atoms with Crippen LogP contribution in [0.15, 0.2) is 87.2 Å². The number of carboxylic acid groups (broad SMARTS) is 1. The van der Waals surface area contributed by atoms with E-state index in [0.717, 1.165) is 0 Å². The molecule has 374 valence electrons. The van der Waals surface area contributed by atoms with E-state index in [1.54, 1.807) is 59.7 Å². The number of amides is 1. The molecule has 3 aromatic carbocycles. The first-order chi connectivity index (χ1) is 32.7. The molecule has 0 saturated carbocycles. The second-order valence-corrected chi connectivity index (χ2v) is 17.6. The van der Waals surface area contributed by atoms with Crippen LogP contribution in [0.25, 0.3) is 0 Å². The fourth-order valence-corrected chi connectivity index (χ4v) is 8.10. The second kappa shape index (κ2) is 21.2. The molecule has 0 spiro atoms. The summed E-state index contributed by atoms with van der Waals surface area (Å²) in [6.45, 7) is 10.0. The Morgan fingerprint density at radius 3 is 2.00 bits per heavy atom. The first-order valence-corrected chi connectivity index (χ1v) is 21.8. The van der Waals surface area contributed by atoms with E-state index in [-0.39, 0.29) is 24.6 Å². The van der Waals surface area contributed by atoms with Crippen LogP contribution in [0.1, 0.15) is 41.5 Å². The van der Waals surface area contributed by atoms with Gasteiger partial charge in [0.15, 0.2) is 29.9 Å². The molecule has 4 heterocycles. The van der Waals surface area contributed by atoms with Crippen molar-refractivity contribution in [1.29, 1.82) is 0 Å². The van der Waals surface area contributed by atoms with Gasteiger partial charge in [-0.2, -0.15) is 15.3 Å². The molecule has 4 aliphatic heterocycles. The number of carboxylic acids is 1. The van der Waals surface area contributed by atoms with Crippen LogP contribution in [0.3, 0.4) is 0 Å². The predicted octanol–water partition coefficient (Wildman–Crippen LogP) is 5.66. The number of carbonyl (C=O) groups is 2. The molecule has 1 amide bonds. The van der Waals surface area contributed by atoms with Gasteiger partial charge in [0.1, 0.15) is 66.0 Å². The van der Waals surface area contributed by atoms with Gasteiger partial charge in [-0.1, -0.05) is 0 Å². The maximum absolute atomic E-state index is 13.6. The molecule has 0 aromatic heterocycles. The van der Waals surface area contributed by atoms with Crippen molar-refractivity contribution < 1.29 is 81.6 Å². The van der Waals surface area contributed by atoms with Gasteiger partial charge in [-0.05, 0) is 90.1 Å². The third kappa shape index (κ3) is 12.4. The summed E-state index contributed by atoms with van der Waals surface area (Å²) in [5, 5.41) is 52.1. The summed E-state index contributed by atoms with van der Waals surface area (Å²) in [6, 6.07) is 16.3. The number of benzene rings is 3. The van der Waals surface area contributed by atoms with Crippen LogP contribution < -0.4 is 14.8 Å². The van der Waals surface area contributed by atoms with E-state index >= 15 is 0 Å². The number of nitro groups is 1. The van der Waals surface area contributed by atoms with E-state index in [4.69, 9.17) is 56.8 Å². The second-order valence-electron chi connectivity index (χ2n) is 17.6. The van der Waals surface area contributed by atoms with Gasteiger partial charge < -0.3 is 72.4 Å². The van der Waals surface area contributed by atoms with E-state index in [2.05, 4.69) is 25.8 Å². The van der Waals surface area contributed by atoms with Crippen LogP contribution in [0.2, 0.25) is 0 Å². The average Bonchev–Trinajstić information content (AvgIpc) is 3.96. The number of hydrogen-bond donors (Lipinski definition) is 3. The lowest BCUT2D eigenvalue weighted by atomic mass is 9.97. The monoisotopic (exact) mass is 968 g/mol. The van der Waals surface area contributed by atoms with Crippen molar-refractivity contribution >= 4 is 40.3 Å². The number of aliphatic hydroxyl groups is 1. The number of ether oxygens (including phenoxy) is 12. The Labute approximate surface area is 396 Å². The number of hydrogen-bond acceptors (Lipinski definition) is 21. The van der Waals surface area contributed by atoms with E-state index in [9.17, 15) is 29.9 Å². The quantitative estimate of drug-likeness (QED) is 0.0429. The predicted molar refractivity (Wildman–Crippen MR) is 236 cm³/mol. The summed E-state index contributed by atoms with van der Waals surface area (Å²) in [6.07, 6.45) is -12.3. The molecule has 1 unspecified atom stereocenters. The third-order valence-corrected chi connectivity index (χ3v) is 11.2. The summed E-state index contributed by atoms with van der Waals surface area (Å²) in [7, 11) is 4.36. The number of aliphatic hydroxyl groups excluding tert-OH is 1. The van der Waals surface area contributed by atoms with Crippen LogP contribution in [-0.2, 0) is 57.0 Å². The van der Waals surface area contributed by atoms with Crippen molar-refractivity contribution in [2.75, 3.05) is 34.5 Å². The van der Waals surface area contributed by atoms with Crippen molar-refractivity contribution in [2.45, 2.75) is 126 Å². The summed E-state index contributed by atoms with van der Waals surface area (Å²) in [5.41, 5.74) is 1.48. The lowest BCUT2D eigenvalue weighted by Crippen LogP contribution is -2.62. The number of aliphatic carboxylic acids is 1. The molecular formula is C45H56N6O18. The maximum atomic E-state index is 13.6. The van der Waals surface area contributed by atoms with Crippen molar-refractivity contribution in [2.24, 2.45) is 20.5 Å². The van der Waals surface area contributed by atoms with Crippen LogP contribution >= 0.6 is 0 Å². The summed E-state index contributed by atoms with van der Waals surface area (Å²) in [5.74, 6) is -5.53. The number of fused-ring (bicyclic) bond motifs is 1. The molecule has 0 radical (unpaired) electrons.